The molecule has 0 spiro atoms. The average Bonchev–Trinajstić information content (AvgIpc) is 2.84. The Balaban J connectivity index is 0.00000220. The fourth-order valence-electron chi connectivity index (χ4n) is 1.56. The summed E-state index contributed by atoms with van der Waals surface area (Å²) in [7, 11) is 0. The Morgan fingerprint density at radius 2 is 2.14 bits per heavy atom. The second-order valence-corrected chi connectivity index (χ2v) is 5.69. The zero-order valence-electron chi connectivity index (χ0n) is 11.7. The maximum absolute atomic E-state index is 11.9. The molecule has 2 aromatic rings. The third-order valence-corrected chi connectivity index (χ3v) is 2.79. The molecule has 0 radical (unpaired) electrons. The monoisotopic (exact) mass is 329 g/mol. The zero-order chi connectivity index (χ0) is 14.8. The number of nitrogens with one attached hydrogen (secondary N) is 1. The molecule has 0 saturated carbocycles. The Morgan fingerprint density at radius 3 is 2.76 bits per heavy atom. The summed E-state index contributed by atoms with van der Waals surface area (Å²) in [6.07, 6.45) is 0. The lowest BCUT2D eigenvalue weighted by Crippen LogP contribution is -2.45. The SMILES string of the molecule is CC(C)(N)CNC(=O)c1cc(-c2cccc(Cl)c2)on1.Cl. The number of hydrogen-bond donors (Lipinski definition) is 2. The first-order chi connectivity index (χ1) is 9.35. The van der Waals surface area contributed by atoms with Gasteiger partial charge in [-0.25, -0.2) is 0 Å². The Hall–Kier alpha value is -1.56. The van der Waals surface area contributed by atoms with Gasteiger partial charge in [-0.3, -0.25) is 4.79 Å². The number of amides is 1. The van der Waals surface area contributed by atoms with Crippen LogP contribution in [0, 0.1) is 0 Å². The largest absolute Gasteiger partial charge is 0.355 e. The van der Waals surface area contributed by atoms with Crippen LogP contribution in [-0.2, 0) is 0 Å². The molecule has 114 valence electrons. The van der Waals surface area contributed by atoms with Crippen LogP contribution in [0.5, 0.6) is 0 Å². The highest BCUT2D eigenvalue weighted by molar-refractivity contribution is 6.30. The molecule has 0 aliphatic rings. The molecule has 0 saturated heterocycles. The highest BCUT2D eigenvalue weighted by Gasteiger charge is 2.17. The molecule has 2 rings (SSSR count). The van der Waals surface area contributed by atoms with E-state index in [4.69, 9.17) is 21.9 Å². The normalized spacial score (nSPS) is 10.9. The molecule has 0 aliphatic carbocycles. The van der Waals surface area contributed by atoms with Crippen LogP contribution in [0.4, 0.5) is 0 Å². The van der Waals surface area contributed by atoms with Gasteiger partial charge < -0.3 is 15.6 Å². The van der Waals surface area contributed by atoms with Crippen LogP contribution < -0.4 is 11.1 Å². The number of nitrogens with zero attached hydrogens (tertiary/aromatic N) is 1. The molecule has 0 atom stereocenters. The van der Waals surface area contributed by atoms with Crippen molar-refractivity contribution in [2.45, 2.75) is 19.4 Å². The summed E-state index contributed by atoms with van der Waals surface area (Å²) in [6, 6.07) is 8.71. The molecule has 3 N–H and O–H groups in total. The summed E-state index contributed by atoms with van der Waals surface area (Å²) < 4.78 is 5.16. The van der Waals surface area contributed by atoms with E-state index < -0.39 is 5.54 Å². The number of aromatic nitrogens is 1. The fraction of sp³-hybridized carbons (Fsp3) is 0.286. The van der Waals surface area contributed by atoms with Gasteiger partial charge in [-0.1, -0.05) is 28.9 Å². The number of nitrogens with two attached hydrogens (primary N) is 1. The summed E-state index contributed by atoms with van der Waals surface area (Å²) in [5, 5.41) is 7.05. The van der Waals surface area contributed by atoms with Gasteiger partial charge in [0.15, 0.2) is 11.5 Å². The molecule has 1 aromatic heterocycles. The van der Waals surface area contributed by atoms with Crippen molar-refractivity contribution in [2.24, 2.45) is 5.73 Å². The highest BCUT2D eigenvalue weighted by atomic mass is 35.5. The molecule has 0 bridgehead atoms. The van der Waals surface area contributed by atoms with E-state index in [1.165, 1.54) is 0 Å². The summed E-state index contributed by atoms with van der Waals surface area (Å²) >= 11 is 5.91. The standard InChI is InChI=1S/C14H16ClN3O2.ClH/c1-14(2,16)8-17-13(19)11-7-12(20-18-11)9-4-3-5-10(15)6-9;/h3-7H,8,16H2,1-2H3,(H,17,19);1H. The van der Waals surface area contributed by atoms with Gasteiger partial charge in [0.2, 0.25) is 0 Å². The van der Waals surface area contributed by atoms with E-state index in [2.05, 4.69) is 10.5 Å². The molecule has 7 heteroatoms. The first-order valence-corrected chi connectivity index (χ1v) is 6.53. The van der Waals surface area contributed by atoms with Crippen molar-refractivity contribution in [2.75, 3.05) is 6.54 Å². The first kappa shape index (κ1) is 17.5. The van der Waals surface area contributed by atoms with Crippen molar-refractivity contribution >= 4 is 29.9 Å². The molecule has 1 heterocycles. The van der Waals surface area contributed by atoms with Crippen LogP contribution in [0.1, 0.15) is 24.3 Å². The highest BCUT2D eigenvalue weighted by Crippen LogP contribution is 2.23. The Morgan fingerprint density at radius 1 is 1.43 bits per heavy atom. The van der Waals surface area contributed by atoms with Crippen LogP contribution in [-0.4, -0.2) is 23.1 Å². The van der Waals surface area contributed by atoms with Crippen LogP contribution in [0.2, 0.25) is 5.02 Å². The lowest BCUT2D eigenvalue weighted by molar-refractivity contribution is 0.0937. The smallest absolute Gasteiger partial charge is 0.273 e. The van der Waals surface area contributed by atoms with E-state index >= 15 is 0 Å². The van der Waals surface area contributed by atoms with Gasteiger partial charge in [0.05, 0.1) is 0 Å². The molecule has 1 amide bonds. The van der Waals surface area contributed by atoms with Crippen LogP contribution in [0.25, 0.3) is 11.3 Å². The molecular formula is C14H17Cl2N3O2. The van der Waals surface area contributed by atoms with E-state index in [-0.39, 0.29) is 24.0 Å². The van der Waals surface area contributed by atoms with Crippen molar-refractivity contribution in [1.29, 1.82) is 0 Å². The minimum absolute atomic E-state index is 0. The molecule has 0 unspecified atom stereocenters. The van der Waals surface area contributed by atoms with E-state index in [1.54, 1.807) is 24.3 Å². The third-order valence-electron chi connectivity index (χ3n) is 2.56. The number of carbonyl (C=O) groups excluding carboxylic acids is 1. The number of halogens is 2. The minimum atomic E-state index is -0.477. The maximum atomic E-state index is 11.9. The predicted molar refractivity (Wildman–Crippen MR) is 84.8 cm³/mol. The number of carbonyl (C=O) groups is 1. The quantitative estimate of drug-likeness (QED) is 0.903. The van der Waals surface area contributed by atoms with E-state index in [9.17, 15) is 4.79 Å². The molecule has 0 aliphatic heterocycles. The van der Waals surface area contributed by atoms with Crippen molar-refractivity contribution in [3.05, 3.63) is 41.0 Å². The second-order valence-electron chi connectivity index (χ2n) is 5.26. The summed E-state index contributed by atoms with van der Waals surface area (Å²) in [4.78, 5) is 11.9. The number of hydrogen-bond acceptors (Lipinski definition) is 4. The molecule has 1 aromatic carbocycles. The Kier molecular flexibility index (Phi) is 5.78. The van der Waals surface area contributed by atoms with Crippen LogP contribution in [0.15, 0.2) is 34.9 Å². The van der Waals surface area contributed by atoms with Crippen molar-refractivity contribution in [3.8, 4) is 11.3 Å². The zero-order valence-corrected chi connectivity index (χ0v) is 13.3. The number of benzene rings is 1. The second kappa shape index (κ2) is 6.93. The first-order valence-electron chi connectivity index (χ1n) is 6.15. The van der Waals surface area contributed by atoms with Crippen LogP contribution in [0.3, 0.4) is 0 Å². The van der Waals surface area contributed by atoms with Gasteiger partial charge in [-0.15, -0.1) is 12.4 Å². The molecule has 21 heavy (non-hydrogen) atoms. The van der Waals surface area contributed by atoms with Gasteiger partial charge in [0, 0.05) is 28.7 Å². The van der Waals surface area contributed by atoms with Crippen molar-refractivity contribution in [1.82, 2.24) is 10.5 Å². The minimum Gasteiger partial charge on any atom is -0.355 e. The van der Waals surface area contributed by atoms with E-state index in [1.807, 2.05) is 19.9 Å². The summed E-state index contributed by atoms with van der Waals surface area (Å²) in [5.41, 5.74) is 6.30. The van der Waals surface area contributed by atoms with Crippen LogP contribution >= 0.6 is 24.0 Å². The molecular weight excluding hydrogens is 313 g/mol. The predicted octanol–water partition coefficient (Wildman–Crippen LogP) is 2.88. The third kappa shape index (κ3) is 5.04. The lowest BCUT2D eigenvalue weighted by Gasteiger charge is -2.18. The average molecular weight is 330 g/mol. The van der Waals surface area contributed by atoms with Crippen molar-refractivity contribution in [3.63, 3.8) is 0 Å². The summed E-state index contributed by atoms with van der Waals surface area (Å²) in [5.74, 6) is 0.171. The van der Waals surface area contributed by atoms with Gasteiger partial charge in [0.1, 0.15) is 0 Å². The van der Waals surface area contributed by atoms with Gasteiger partial charge in [-0.05, 0) is 26.0 Å². The lowest BCUT2D eigenvalue weighted by atomic mass is 10.1. The maximum Gasteiger partial charge on any atom is 0.273 e. The van der Waals surface area contributed by atoms with E-state index in [0.29, 0.717) is 17.3 Å². The Labute approximate surface area is 134 Å². The van der Waals surface area contributed by atoms with Gasteiger partial charge in [0.25, 0.3) is 5.91 Å². The number of rotatable bonds is 4. The topological polar surface area (TPSA) is 81.1 Å². The molecule has 0 fully saturated rings. The van der Waals surface area contributed by atoms with Gasteiger partial charge >= 0.3 is 0 Å². The summed E-state index contributed by atoms with van der Waals surface area (Å²) in [6.45, 7) is 4.01. The molecule has 5 nitrogen and oxygen atoms in total. The fourth-order valence-corrected chi connectivity index (χ4v) is 1.75. The van der Waals surface area contributed by atoms with E-state index in [0.717, 1.165) is 5.56 Å². The van der Waals surface area contributed by atoms with Gasteiger partial charge in [-0.2, -0.15) is 0 Å². The Bertz CT molecular complexity index is 621. The van der Waals surface area contributed by atoms with Crippen molar-refractivity contribution < 1.29 is 9.32 Å².